The molecular weight excluding hydrogens is 601 g/mol. The van der Waals surface area contributed by atoms with Crippen molar-refractivity contribution in [2.24, 2.45) is 11.8 Å². The molecule has 0 saturated carbocycles. The van der Waals surface area contributed by atoms with Crippen LogP contribution in [0.5, 0.6) is 5.88 Å². The number of carbonyl (C=O) groups excluding carboxylic acids is 2. The highest BCUT2D eigenvalue weighted by Gasteiger charge is 2.38. The van der Waals surface area contributed by atoms with E-state index in [0.29, 0.717) is 0 Å². The van der Waals surface area contributed by atoms with Gasteiger partial charge < -0.3 is 39.4 Å². The second kappa shape index (κ2) is 17.0. The Morgan fingerprint density at radius 3 is 1.98 bits per heavy atom. The minimum atomic E-state index is -4.27. The number of esters is 2. The van der Waals surface area contributed by atoms with E-state index in [1.807, 2.05) is 27.7 Å². The Morgan fingerprint density at radius 2 is 1.55 bits per heavy atom. The summed E-state index contributed by atoms with van der Waals surface area (Å²) in [5.74, 6) is -1.38. The number of aliphatic hydroxyl groups is 2. The third-order valence-electron chi connectivity index (χ3n) is 6.39. The third-order valence-corrected chi connectivity index (χ3v) is 8.21. The number of anilines is 1. The van der Waals surface area contributed by atoms with Crippen LogP contribution in [0, 0.1) is 11.8 Å². The van der Waals surface area contributed by atoms with Gasteiger partial charge in [-0.3, -0.25) is 18.7 Å². The molecule has 0 spiro atoms. The van der Waals surface area contributed by atoms with E-state index in [-0.39, 0.29) is 47.7 Å². The summed E-state index contributed by atoms with van der Waals surface area (Å²) in [6, 6.07) is -2.13. The molecule has 2 rings (SSSR count). The first-order valence-corrected chi connectivity index (χ1v) is 15.7. The van der Waals surface area contributed by atoms with Crippen molar-refractivity contribution in [2.45, 2.75) is 78.0 Å². The number of hydrogen-bond donors (Lipinski definition) is 5. The van der Waals surface area contributed by atoms with Crippen molar-refractivity contribution < 1.29 is 47.8 Å². The van der Waals surface area contributed by atoms with Gasteiger partial charge in [0.1, 0.15) is 18.2 Å². The number of aromatic nitrogens is 4. The van der Waals surface area contributed by atoms with Crippen LogP contribution in [0.4, 0.5) is 5.95 Å². The fraction of sp³-hybridized carbons (Fsp3) is 0.731. The molecule has 18 heteroatoms. The molecule has 5 atom stereocenters. The summed E-state index contributed by atoms with van der Waals surface area (Å²) in [7, 11) is -0.478. The molecule has 0 radical (unpaired) electrons. The van der Waals surface area contributed by atoms with E-state index in [4.69, 9.17) is 29.2 Å². The van der Waals surface area contributed by atoms with Gasteiger partial charge in [0.15, 0.2) is 17.4 Å². The number of rotatable bonds is 19. The number of methoxy groups -OCH3 is 3. The van der Waals surface area contributed by atoms with E-state index in [9.17, 15) is 24.4 Å². The van der Waals surface area contributed by atoms with E-state index >= 15 is 0 Å². The molecule has 0 aliphatic carbocycles. The summed E-state index contributed by atoms with van der Waals surface area (Å²) in [5.41, 5.74) is 6.25. The molecule has 0 aromatic carbocycles. The monoisotopic (exact) mass is 647 g/mol. The van der Waals surface area contributed by atoms with Gasteiger partial charge in [0.25, 0.3) is 0 Å². The van der Waals surface area contributed by atoms with Crippen LogP contribution in [0.3, 0.4) is 0 Å². The average Bonchev–Trinajstić information content (AvgIpc) is 3.38. The first-order chi connectivity index (χ1) is 20.7. The third kappa shape index (κ3) is 10.3. The predicted molar refractivity (Wildman–Crippen MR) is 159 cm³/mol. The second-order valence-electron chi connectivity index (χ2n) is 11.0. The van der Waals surface area contributed by atoms with Gasteiger partial charge in [-0.15, -0.1) is 0 Å². The molecule has 0 amide bonds. The van der Waals surface area contributed by atoms with Gasteiger partial charge in [-0.2, -0.15) is 9.97 Å². The predicted octanol–water partition coefficient (Wildman–Crippen LogP) is 1.15. The maximum atomic E-state index is 14.3. The largest absolute Gasteiger partial charge is 0.479 e. The van der Waals surface area contributed by atoms with Gasteiger partial charge in [-0.25, -0.2) is 15.2 Å². The van der Waals surface area contributed by atoms with Gasteiger partial charge in [-0.1, -0.05) is 27.7 Å². The molecular formula is C26H46N7O10P. The quantitative estimate of drug-likeness (QED) is 0.106. The number of hydrogen-bond acceptors (Lipinski definition) is 14. The fourth-order valence-corrected chi connectivity index (χ4v) is 6.10. The maximum Gasteiger partial charge on any atom is 0.342 e. The van der Waals surface area contributed by atoms with Crippen molar-refractivity contribution in [3.8, 4) is 5.88 Å². The summed E-state index contributed by atoms with van der Waals surface area (Å²) >= 11 is 0. The summed E-state index contributed by atoms with van der Waals surface area (Å²) in [5, 5.41) is 26.2. The summed E-state index contributed by atoms with van der Waals surface area (Å²) in [6.45, 7) is 7.78. The van der Waals surface area contributed by atoms with Crippen molar-refractivity contribution in [1.82, 2.24) is 29.7 Å². The highest BCUT2D eigenvalue weighted by atomic mass is 31.2. The Morgan fingerprint density at radius 1 is 1.00 bits per heavy atom. The SMILES string of the molecule is COC(=O)C(CC(C)C)NP(=O)(NC(CC(C)C)C(=O)OC)OC[C@@H](O[C@H](CO)n1cnc2c(OC)nc(N)nc21)[C@@H](C)O. The number of nitrogens with zero attached hydrogens (tertiary/aromatic N) is 4. The Labute approximate surface area is 256 Å². The molecule has 2 aromatic rings. The standard InChI is InChI=1S/C26H46N7O10P/c1-14(2)9-17(24(36)40-7)31-44(38,32-18(10-15(3)4)25(37)41-8)42-12-19(16(5)35)43-20(11-34)33-13-28-21-22(33)29-26(27)30-23(21)39-6/h13-20,34-35H,9-12H2,1-8H3,(H2,27,29,30)(H2,31,32,38)/t16-,17?,18?,19-,20-,44?/m1/s1. The lowest BCUT2D eigenvalue weighted by Crippen LogP contribution is -2.46. The maximum absolute atomic E-state index is 14.3. The topological polar surface area (TPSA) is 232 Å². The molecule has 0 aliphatic heterocycles. The molecule has 6 N–H and O–H groups in total. The van der Waals surface area contributed by atoms with E-state index in [2.05, 4.69) is 25.1 Å². The fourth-order valence-electron chi connectivity index (χ4n) is 4.28. The number of nitrogen functional groups attached to an aromatic ring is 1. The van der Waals surface area contributed by atoms with Crippen LogP contribution in [0.15, 0.2) is 6.33 Å². The smallest absolute Gasteiger partial charge is 0.342 e. The van der Waals surface area contributed by atoms with Crippen LogP contribution in [-0.2, 0) is 32.9 Å². The number of aliphatic hydroxyl groups excluding tert-OH is 2. The van der Waals surface area contributed by atoms with Crippen molar-refractivity contribution in [3.05, 3.63) is 6.33 Å². The first-order valence-electron chi connectivity index (χ1n) is 14.1. The molecule has 2 aromatic heterocycles. The molecule has 0 aliphatic rings. The number of fused-ring (bicyclic) bond motifs is 1. The minimum Gasteiger partial charge on any atom is -0.479 e. The van der Waals surface area contributed by atoms with E-state index in [0.717, 1.165) is 0 Å². The van der Waals surface area contributed by atoms with Crippen molar-refractivity contribution >= 4 is 36.7 Å². The lowest BCUT2D eigenvalue weighted by atomic mass is 10.1. The van der Waals surface area contributed by atoms with E-state index in [1.54, 1.807) is 0 Å². The van der Waals surface area contributed by atoms with Gasteiger partial charge in [-0.05, 0) is 31.6 Å². The van der Waals surface area contributed by atoms with Crippen LogP contribution in [0.2, 0.25) is 0 Å². The number of carbonyl (C=O) groups is 2. The number of imidazole rings is 1. The highest BCUT2D eigenvalue weighted by molar-refractivity contribution is 7.54. The normalized spacial score (nSPS) is 16.7. The van der Waals surface area contributed by atoms with Crippen LogP contribution in [0.25, 0.3) is 11.2 Å². The van der Waals surface area contributed by atoms with Crippen LogP contribution in [0.1, 0.15) is 53.7 Å². The molecule has 0 saturated heterocycles. The van der Waals surface area contributed by atoms with Crippen molar-refractivity contribution in [1.29, 1.82) is 0 Å². The van der Waals surface area contributed by atoms with Gasteiger partial charge in [0, 0.05) is 0 Å². The molecule has 2 unspecified atom stereocenters. The van der Waals surface area contributed by atoms with Crippen LogP contribution in [-0.4, -0.2) is 101 Å². The Hall–Kier alpha value is -2.92. The van der Waals surface area contributed by atoms with Crippen molar-refractivity contribution in [3.63, 3.8) is 0 Å². The first kappa shape index (κ1) is 37.3. The average molecular weight is 648 g/mol. The molecule has 2 heterocycles. The molecule has 0 fully saturated rings. The zero-order chi connectivity index (χ0) is 33.2. The highest BCUT2D eigenvalue weighted by Crippen LogP contribution is 2.41. The van der Waals surface area contributed by atoms with Gasteiger partial charge in [0.05, 0.1) is 47.0 Å². The minimum absolute atomic E-state index is 0.00699. The second-order valence-corrected chi connectivity index (χ2v) is 12.9. The van der Waals surface area contributed by atoms with Crippen LogP contribution >= 0.6 is 7.67 Å². The Bertz CT molecular complexity index is 1240. The summed E-state index contributed by atoms with van der Waals surface area (Å²) in [6.07, 6.45) is -1.75. The molecule has 250 valence electrons. The lowest BCUT2D eigenvalue weighted by molar-refractivity contribution is -0.143. The Kier molecular flexibility index (Phi) is 14.4. The van der Waals surface area contributed by atoms with Crippen molar-refractivity contribution in [2.75, 3.05) is 40.3 Å². The Balaban J connectivity index is 2.42. The van der Waals surface area contributed by atoms with Gasteiger partial charge >= 0.3 is 19.6 Å². The zero-order valence-electron chi connectivity index (χ0n) is 26.4. The van der Waals surface area contributed by atoms with E-state index in [1.165, 1.54) is 39.1 Å². The molecule has 0 bridgehead atoms. The number of nitrogens with two attached hydrogens (primary N) is 1. The molecule has 17 nitrogen and oxygen atoms in total. The lowest BCUT2D eigenvalue weighted by Gasteiger charge is -2.31. The van der Waals surface area contributed by atoms with Crippen LogP contribution < -0.4 is 20.6 Å². The molecule has 44 heavy (non-hydrogen) atoms. The summed E-state index contributed by atoms with van der Waals surface area (Å²) in [4.78, 5) is 37.6. The number of nitrogens with one attached hydrogen (secondary N) is 2. The van der Waals surface area contributed by atoms with E-state index < -0.39 is 63.3 Å². The van der Waals surface area contributed by atoms with Gasteiger partial charge in [0.2, 0.25) is 11.8 Å². The summed E-state index contributed by atoms with van der Waals surface area (Å²) < 4.78 is 42.5. The zero-order valence-corrected chi connectivity index (χ0v) is 27.3. The number of ether oxygens (including phenoxy) is 4.